The van der Waals surface area contributed by atoms with E-state index in [-0.39, 0.29) is 11.6 Å². The van der Waals surface area contributed by atoms with Crippen molar-refractivity contribution in [3.05, 3.63) is 33.8 Å². The standard InChI is InChI=1S/C15H23Cl2NO/c1-5-18-14(15(3,4)19-6-2)10-11-7-8-12(16)13(17)9-11/h7-9,14,18H,5-6,10H2,1-4H3. The normalized spacial score (nSPS) is 13.6. The molecule has 1 unspecified atom stereocenters. The van der Waals surface area contributed by atoms with Crippen molar-refractivity contribution >= 4 is 23.2 Å². The predicted molar refractivity (Wildman–Crippen MR) is 83.3 cm³/mol. The fourth-order valence-corrected chi connectivity index (χ4v) is 2.51. The third-order valence-electron chi connectivity index (χ3n) is 3.23. The predicted octanol–water partition coefficient (Wildman–Crippen LogP) is 4.33. The van der Waals surface area contributed by atoms with E-state index in [0.29, 0.717) is 16.7 Å². The molecule has 2 nitrogen and oxygen atoms in total. The Hall–Kier alpha value is -0.280. The Kier molecular flexibility index (Phi) is 6.61. The molecule has 0 heterocycles. The molecule has 1 rings (SSSR count). The van der Waals surface area contributed by atoms with E-state index in [0.717, 1.165) is 18.5 Å². The Bertz CT molecular complexity index is 407. The average molecular weight is 304 g/mol. The average Bonchev–Trinajstić information content (AvgIpc) is 2.33. The summed E-state index contributed by atoms with van der Waals surface area (Å²) in [6.45, 7) is 9.95. The molecule has 0 saturated heterocycles. The lowest BCUT2D eigenvalue weighted by Crippen LogP contribution is -2.50. The largest absolute Gasteiger partial charge is 0.374 e. The molecule has 108 valence electrons. The van der Waals surface area contributed by atoms with Gasteiger partial charge in [-0.1, -0.05) is 36.2 Å². The Balaban J connectivity index is 2.85. The molecule has 0 aliphatic rings. The number of rotatable bonds is 7. The van der Waals surface area contributed by atoms with Gasteiger partial charge in [0.15, 0.2) is 0 Å². The molecule has 4 heteroatoms. The second kappa shape index (κ2) is 7.49. The van der Waals surface area contributed by atoms with E-state index in [1.54, 1.807) is 0 Å². The van der Waals surface area contributed by atoms with Gasteiger partial charge in [-0.15, -0.1) is 0 Å². The van der Waals surface area contributed by atoms with Crippen LogP contribution in [-0.2, 0) is 11.2 Å². The maximum Gasteiger partial charge on any atom is 0.0781 e. The summed E-state index contributed by atoms with van der Waals surface area (Å²) in [5, 5.41) is 4.68. The van der Waals surface area contributed by atoms with Crippen LogP contribution in [0.15, 0.2) is 18.2 Å². The number of hydrogen-bond acceptors (Lipinski definition) is 2. The number of likely N-dealkylation sites (N-methyl/N-ethyl adjacent to an activating group) is 1. The van der Waals surface area contributed by atoms with Gasteiger partial charge < -0.3 is 10.1 Å². The highest BCUT2D eigenvalue weighted by atomic mass is 35.5. The van der Waals surface area contributed by atoms with Crippen LogP contribution >= 0.6 is 23.2 Å². The van der Waals surface area contributed by atoms with E-state index in [1.165, 1.54) is 0 Å². The number of ether oxygens (including phenoxy) is 1. The van der Waals surface area contributed by atoms with Gasteiger partial charge in [0.1, 0.15) is 0 Å². The van der Waals surface area contributed by atoms with Crippen molar-refractivity contribution in [1.29, 1.82) is 0 Å². The zero-order chi connectivity index (χ0) is 14.5. The summed E-state index contributed by atoms with van der Waals surface area (Å²) in [6, 6.07) is 6.02. The minimum atomic E-state index is -0.225. The van der Waals surface area contributed by atoms with Crippen LogP contribution in [0.25, 0.3) is 0 Å². The molecule has 0 aromatic heterocycles. The van der Waals surface area contributed by atoms with E-state index in [4.69, 9.17) is 27.9 Å². The van der Waals surface area contributed by atoms with Crippen LogP contribution in [0, 0.1) is 0 Å². The molecule has 0 radical (unpaired) electrons. The summed E-state index contributed by atoms with van der Waals surface area (Å²) in [5.41, 5.74) is 0.935. The summed E-state index contributed by atoms with van der Waals surface area (Å²) in [7, 11) is 0. The SMILES string of the molecule is CCNC(Cc1ccc(Cl)c(Cl)c1)C(C)(C)OCC. The molecular weight excluding hydrogens is 281 g/mol. The number of hydrogen-bond donors (Lipinski definition) is 1. The first-order valence-electron chi connectivity index (χ1n) is 6.72. The van der Waals surface area contributed by atoms with Crippen LogP contribution in [0.3, 0.4) is 0 Å². The van der Waals surface area contributed by atoms with Gasteiger partial charge in [-0.05, 0) is 51.4 Å². The molecule has 0 saturated carbocycles. The van der Waals surface area contributed by atoms with E-state index < -0.39 is 0 Å². The molecule has 1 N–H and O–H groups in total. The molecule has 0 aliphatic heterocycles. The summed E-state index contributed by atoms with van der Waals surface area (Å²) >= 11 is 12.0. The van der Waals surface area contributed by atoms with E-state index >= 15 is 0 Å². The van der Waals surface area contributed by atoms with Crippen LogP contribution < -0.4 is 5.32 Å². The van der Waals surface area contributed by atoms with Crippen molar-refractivity contribution in [3.8, 4) is 0 Å². The molecule has 1 aromatic carbocycles. The lowest BCUT2D eigenvalue weighted by Gasteiger charge is -2.35. The van der Waals surface area contributed by atoms with Crippen LogP contribution in [0.4, 0.5) is 0 Å². The highest BCUT2D eigenvalue weighted by Gasteiger charge is 2.29. The number of halogens is 2. The van der Waals surface area contributed by atoms with Crippen molar-refractivity contribution < 1.29 is 4.74 Å². The molecular formula is C15H23Cl2NO. The van der Waals surface area contributed by atoms with Crippen molar-refractivity contribution in [3.63, 3.8) is 0 Å². The van der Waals surface area contributed by atoms with E-state index in [9.17, 15) is 0 Å². The van der Waals surface area contributed by atoms with Crippen molar-refractivity contribution in [2.45, 2.75) is 45.8 Å². The Morgan fingerprint density at radius 1 is 1.21 bits per heavy atom. The molecule has 0 fully saturated rings. The minimum absolute atomic E-state index is 0.225. The summed E-state index contributed by atoms with van der Waals surface area (Å²) in [5.74, 6) is 0. The van der Waals surface area contributed by atoms with Gasteiger partial charge in [-0.25, -0.2) is 0 Å². The Morgan fingerprint density at radius 3 is 2.42 bits per heavy atom. The lowest BCUT2D eigenvalue weighted by molar-refractivity contribution is -0.0376. The number of nitrogens with one attached hydrogen (secondary N) is 1. The Morgan fingerprint density at radius 2 is 1.89 bits per heavy atom. The zero-order valence-electron chi connectivity index (χ0n) is 12.1. The molecule has 0 bridgehead atoms. The maximum absolute atomic E-state index is 6.07. The molecule has 19 heavy (non-hydrogen) atoms. The highest BCUT2D eigenvalue weighted by Crippen LogP contribution is 2.25. The zero-order valence-corrected chi connectivity index (χ0v) is 13.6. The first-order valence-corrected chi connectivity index (χ1v) is 7.47. The lowest BCUT2D eigenvalue weighted by atomic mass is 9.92. The van der Waals surface area contributed by atoms with Gasteiger partial charge in [-0.3, -0.25) is 0 Å². The van der Waals surface area contributed by atoms with Crippen LogP contribution in [0.1, 0.15) is 33.3 Å². The van der Waals surface area contributed by atoms with Crippen molar-refractivity contribution in [1.82, 2.24) is 5.32 Å². The fraction of sp³-hybridized carbons (Fsp3) is 0.600. The van der Waals surface area contributed by atoms with Gasteiger partial charge in [0, 0.05) is 12.6 Å². The first-order chi connectivity index (χ1) is 8.90. The quantitative estimate of drug-likeness (QED) is 0.809. The van der Waals surface area contributed by atoms with Crippen molar-refractivity contribution in [2.24, 2.45) is 0 Å². The molecule has 0 aliphatic carbocycles. The minimum Gasteiger partial charge on any atom is -0.374 e. The van der Waals surface area contributed by atoms with E-state index in [2.05, 4.69) is 26.1 Å². The van der Waals surface area contributed by atoms with Crippen LogP contribution in [-0.4, -0.2) is 24.8 Å². The first kappa shape index (κ1) is 16.8. The molecule has 0 amide bonds. The number of benzene rings is 1. The molecule has 1 aromatic rings. The third-order valence-corrected chi connectivity index (χ3v) is 3.97. The topological polar surface area (TPSA) is 21.3 Å². The van der Waals surface area contributed by atoms with Gasteiger partial charge >= 0.3 is 0 Å². The fourth-order valence-electron chi connectivity index (χ4n) is 2.19. The molecule has 1 atom stereocenters. The van der Waals surface area contributed by atoms with Crippen molar-refractivity contribution in [2.75, 3.05) is 13.2 Å². The summed E-state index contributed by atoms with van der Waals surface area (Å²) in [6.07, 6.45) is 0.859. The van der Waals surface area contributed by atoms with Gasteiger partial charge in [0.05, 0.1) is 15.6 Å². The van der Waals surface area contributed by atoms with Gasteiger partial charge in [0.2, 0.25) is 0 Å². The van der Waals surface area contributed by atoms with Gasteiger partial charge in [0.25, 0.3) is 0 Å². The monoisotopic (exact) mass is 303 g/mol. The third kappa shape index (κ3) is 4.96. The Labute approximate surface area is 126 Å². The second-order valence-corrected chi connectivity index (χ2v) is 5.91. The van der Waals surface area contributed by atoms with Crippen LogP contribution in [0.5, 0.6) is 0 Å². The smallest absolute Gasteiger partial charge is 0.0781 e. The van der Waals surface area contributed by atoms with E-state index in [1.807, 2.05) is 25.1 Å². The summed E-state index contributed by atoms with van der Waals surface area (Å²) < 4.78 is 5.85. The highest BCUT2D eigenvalue weighted by molar-refractivity contribution is 6.42. The van der Waals surface area contributed by atoms with Crippen LogP contribution in [0.2, 0.25) is 10.0 Å². The molecule has 0 spiro atoms. The van der Waals surface area contributed by atoms with Gasteiger partial charge in [-0.2, -0.15) is 0 Å². The maximum atomic E-state index is 6.07. The second-order valence-electron chi connectivity index (χ2n) is 5.10. The summed E-state index contributed by atoms with van der Waals surface area (Å²) in [4.78, 5) is 0.